The van der Waals surface area contributed by atoms with Crippen LogP contribution in [0.4, 0.5) is 0 Å². The minimum Gasteiger partial charge on any atom is -0.462 e. The molecule has 2 saturated carbocycles. The molecule has 2 fully saturated rings. The first-order valence-corrected chi connectivity index (χ1v) is 14.2. The fraction of sp³-hybridized carbons (Fsp3) is 0.800. The second-order valence-electron chi connectivity index (χ2n) is 11.0. The Bertz CT molecular complexity index is 686. The van der Waals surface area contributed by atoms with Crippen LogP contribution in [0.15, 0.2) is 24.3 Å². The molecule has 0 amide bonds. The average molecular weight is 507 g/mol. The molecule has 0 aromatic carbocycles. The highest BCUT2D eigenvalue weighted by molar-refractivity contribution is 5.88. The highest BCUT2D eigenvalue weighted by atomic mass is 16.5. The van der Waals surface area contributed by atoms with E-state index in [-0.39, 0.29) is 24.7 Å². The molecule has 0 heterocycles. The van der Waals surface area contributed by atoms with Gasteiger partial charge in [-0.15, -0.1) is 0 Å². The molecule has 2 rings (SSSR count). The molecule has 206 valence electrons. The van der Waals surface area contributed by atoms with Crippen molar-refractivity contribution < 1.29 is 28.9 Å². The number of carbonyl (C=O) groups is 2. The largest absolute Gasteiger partial charge is 0.462 e. The summed E-state index contributed by atoms with van der Waals surface area (Å²) < 4.78 is 16.0. The van der Waals surface area contributed by atoms with E-state index in [1.807, 2.05) is 0 Å². The summed E-state index contributed by atoms with van der Waals surface area (Å²) in [6.45, 7) is 9.97. The molecule has 2 aliphatic carbocycles. The average Bonchev–Trinajstić information content (AvgIpc) is 2.91. The van der Waals surface area contributed by atoms with Crippen LogP contribution >= 0.6 is 0 Å². The number of carbonyl (C=O) groups excluding carboxylic acids is 2. The van der Waals surface area contributed by atoms with E-state index in [9.17, 15) is 9.59 Å². The number of aliphatic hydroxyl groups is 1. The van der Waals surface area contributed by atoms with Crippen molar-refractivity contribution in [2.24, 2.45) is 29.6 Å². The van der Waals surface area contributed by atoms with Crippen molar-refractivity contribution >= 4 is 11.9 Å². The quantitative estimate of drug-likeness (QED) is 0.157. The molecule has 0 radical (unpaired) electrons. The van der Waals surface area contributed by atoms with E-state index in [1.54, 1.807) is 7.11 Å². The summed E-state index contributed by atoms with van der Waals surface area (Å²) >= 11 is 0. The fourth-order valence-electron chi connectivity index (χ4n) is 6.00. The lowest BCUT2D eigenvalue weighted by Crippen LogP contribution is -2.33. The Balaban J connectivity index is 1.85. The van der Waals surface area contributed by atoms with Gasteiger partial charge in [0.15, 0.2) is 0 Å². The third kappa shape index (κ3) is 10.4. The Hall–Kier alpha value is -1.66. The molecule has 0 aliphatic heterocycles. The van der Waals surface area contributed by atoms with Crippen LogP contribution in [0, 0.1) is 29.6 Å². The molecular formula is C30H50O6. The molecule has 0 aromatic rings. The van der Waals surface area contributed by atoms with Gasteiger partial charge in [0.05, 0.1) is 32.0 Å². The van der Waals surface area contributed by atoms with Crippen molar-refractivity contribution in [1.29, 1.82) is 0 Å². The zero-order chi connectivity index (χ0) is 26.3. The second-order valence-corrected chi connectivity index (χ2v) is 11.0. The Labute approximate surface area is 218 Å². The maximum Gasteiger partial charge on any atom is 0.335 e. The van der Waals surface area contributed by atoms with Crippen LogP contribution in [0.1, 0.15) is 90.4 Å². The van der Waals surface area contributed by atoms with Crippen molar-refractivity contribution in [3.05, 3.63) is 24.3 Å². The second kappa shape index (κ2) is 17.0. The summed E-state index contributed by atoms with van der Waals surface area (Å²) in [6.07, 6.45) is 15.9. The number of hydrogen-bond donors (Lipinski definition) is 1. The van der Waals surface area contributed by atoms with Gasteiger partial charge in [0.2, 0.25) is 0 Å². The summed E-state index contributed by atoms with van der Waals surface area (Å²) in [5, 5.41) is 9.16. The fourth-order valence-corrected chi connectivity index (χ4v) is 6.00. The first-order chi connectivity index (χ1) is 17.4. The lowest BCUT2D eigenvalue weighted by atomic mass is 9.67. The number of hydrogen-bond acceptors (Lipinski definition) is 6. The van der Waals surface area contributed by atoms with Gasteiger partial charge < -0.3 is 19.3 Å². The van der Waals surface area contributed by atoms with Crippen LogP contribution in [0.3, 0.4) is 0 Å². The van der Waals surface area contributed by atoms with Crippen LogP contribution in [0.5, 0.6) is 0 Å². The van der Waals surface area contributed by atoms with Gasteiger partial charge in [0.1, 0.15) is 0 Å². The van der Waals surface area contributed by atoms with E-state index in [4.69, 9.17) is 19.3 Å². The van der Waals surface area contributed by atoms with E-state index in [2.05, 4.69) is 20.1 Å². The van der Waals surface area contributed by atoms with Gasteiger partial charge in [0.25, 0.3) is 0 Å². The van der Waals surface area contributed by atoms with Crippen molar-refractivity contribution in [3.63, 3.8) is 0 Å². The van der Waals surface area contributed by atoms with Crippen molar-refractivity contribution in [2.45, 2.75) is 90.4 Å². The predicted octanol–water partition coefficient (Wildman–Crippen LogP) is 6.02. The van der Waals surface area contributed by atoms with Gasteiger partial charge in [-0.1, -0.05) is 58.6 Å². The summed E-state index contributed by atoms with van der Waals surface area (Å²) in [7, 11) is 1.58. The molecule has 36 heavy (non-hydrogen) atoms. The van der Waals surface area contributed by atoms with Crippen LogP contribution in [-0.2, 0) is 23.8 Å². The van der Waals surface area contributed by atoms with E-state index in [0.29, 0.717) is 24.5 Å². The molecule has 1 N–H and O–H groups in total. The number of ether oxygens (including phenoxy) is 3. The molecule has 2 aliphatic rings. The van der Waals surface area contributed by atoms with Gasteiger partial charge in [-0.05, 0) is 62.2 Å². The first-order valence-electron chi connectivity index (χ1n) is 14.2. The molecule has 6 heteroatoms. The molecule has 0 spiro atoms. The summed E-state index contributed by atoms with van der Waals surface area (Å²) in [5.74, 6) is 1.81. The number of aliphatic hydroxyl groups excluding tert-OH is 1. The van der Waals surface area contributed by atoms with Crippen LogP contribution < -0.4 is 0 Å². The highest BCUT2D eigenvalue weighted by Crippen LogP contribution is 2.43. The Morgan fingerprint density at radius 2 is 1.42 bits per heavy atom. The molecule has 0 bridgehead atoms. The van der Waals surface area contributed by atoms with Crippen molar-refractivity contribution in [2.75, 3.05) is 33.5 Å². The molecule has 0 aromatic heterocycles. The van der Waals surface area contributed by atoms with Crippen LogP contribution in [0.2, 0.25) is 0 Å². The standard InChI is InChI=1S/C30H50O6/c1-5-6-7-8-24-9-11-25(12-10-24)26-13-15-27(16-14-26)28(21-36-30(33)23(3)19-31)20-35-29(32)22(2)17-18-34-4/h24-28,31H,2-3,5-21H2,1,4H3. The van der Waals surface area contributed by atoms with Crippen molar-refractivity contribution in [3.8, 4) is 0 Å². The zero-order valence-electron chi connectivity index (χ0n) is 22.8. The molecule has 1 unspecified atom stereocenters. The van der Waals surface area contributed by atoms with Crippen LogP contribution in [0.25, 0.3) is 0 Å². The number of unbranched alkanes of at least 4 members (excludes halogenated alkanes) is 2. The SMILES string of the molecule is C=C(CO)C(=O)OCC(COC(=O)C(=C)CCOC)C1CCC(C2CCC(CCCCC)CC2)CC1. The van der Waals surface area contributed by atoms with Gasteiger partial charge in [-0.25, -0.2) is 9.59 Å². The number of esters is 2. The predicted molar refractivity (Wildman–Crippen MR) is 142 cm³/mol. The Kier molecular flexibility index (Phi) is 14.4. The lowest BCUT2D eigenvalue weighted by molar-refractivity contribution is -0.146. The van der Waals surface area contributed by atoms with E-state index in [1.165, 1.54) is 64.2 Å². The zero-order valence-corrected chi connectivity index (χ0v) is 22.8. The van der Waals surface area contributed by atoms with Crippen LogP contribution in [-0.4, -0.2) is 50.6 Å². The number of methoxy groups -OCH3 is 1. The lowest BCUT2D eigenvalue weighted by Gasteiger charge is -2.39. The monoisotopic (exact) mass is 506 g/mol. The summed E-state index contributed by atoms with van der Waals surface area (Å²) in [6, 6.07) is 0. The molecule has 0 saturated heterocycles. The minimum atomic E-state index is -0.595. The summed E-state index contributed by atoms with van der Waals surface area (Å²) in [5.41, 5.74) is 0.419. The topological polar surface area (TPSA) is 82.1 Å². The van der Waals surface area contributed by atoms with E-state index in [0.717, 1.165) is 30.6 Å². The van der Waals surface area contributed by atoms with E-state index >= 15 is 0 Å². The van der Waals surface area contributed by atoms with Crippen molar-refractivity contribution in [1.82, 2.24) is 0 Å². The Morgan fingerprint density at radius 3 is 1.94 bits per heavy atom. The number of rotatable bonds is 16. The molecule has 1 atom stereocenters. The maximum atomic E-state index is 12.4. The van der Waals surface area contributed by atoms with Gasteiger partial charge in [-0.3, -0.25) is 0 Å². The van der Waals surface area contributed by atoms with Gasteiger partial charge in [-0.2, -0.15) is 0 Å². The molecular weight excluding hydrogens is 456 g/mol. The molecule has 6 nitrogen and oxygen atoms in total. The smallest absolute Gasteiger partial charge is 0.335 e. The maximum absolute atomic E-state index is 12.4. The normalized spacial score (nSPS) is 25.1. The minimum absolute atomic E-state index is 0.0349. The summed E-state index contributed by atoms with van der Waals surface area (Å²) in [4.78, 5) is 24.4. The third-order valence-electron chi connectivity index (χ3n) is 8.49. The Morgan fingerprint density at radius 1 is 0.861 bits per heavy atom. The van der Waals surface area contributed by atoms with E-state index < -0.39 is 18.5 Å². The highest BCUT2D eigenvalue weighted by Gasteiger charge is 2.34. The van der Waals surface area contributed by atoms with Gasteiger partial charge >= 0.3 is 11.9 Å². The first kappa shape index (κ1) is 30.6. The third-order valence-corrected chi connectivity index (χ3v) is 8.49. The van der Waals surface area contributed by atoms with Gasteiger partial charge in [0, 0.05) is 25.0 Å².